The number of rotatable bonds is 6. The second-order valence-electron chi connectivity index (χ2n) is 5.79. The second-order valence-corrected chi connectivity index (χ2v) is 5.79. The molecule has 3 aromatic rings. The zero-order chi connectivity index (χ0) is 19.2. The summed E-state index contributed by atoms with van der Waals surface area (Å²) < 4.78 is 10.5. The normalized spacial score (nSPS) is 10.2. The zero-order valence-corrected chi connectivity index (χ0v) is 15.3. The molecule has 0 spiro atoms. The number of nitrogens with one attached hydrogen (secondary N) is 2. The van der Waals surface area contributed by atoms with Gasteiger partial charge in [0.25, 0.3) is 5.91 Å². The quantitative estimate of drug-likeness (QED) is 0.692. The maximum absolute atomic E-state index is 12.4. The second kappa shape index (κ2) is 8.18. The van der Waals surface area contributed by atoms with Crippen LogP contribution in [0.25, 0.3) is 0 Å². The molecule has 0 aliphatic carbocycles. The predicted octanol–water partition coefficient (Wildman–Crippen LogP) is 3.80. The predicted molar refractivity (Wildman–Crippen MR) is 104 cm³/mol. The minimum Gasteiger partial charge on any atom is -0.496 e. The number of carbonyl (C=O) groups is 1. The van der Waals surface area contributed by atoms with Crippen molar-refractivity contribution in [3.63, 3.8) is 0 Å². The van der Waals surface area contributed by atoms with Gasteiger partial charge in [-0.1, -0.05) is 18.2 Å². The molecule has 0 saturated heterocycles. The van der Waals surface area contributed by atoms with Gasteiger partial charge in [-0.2, -0.15) is 0 Å². The minimum absolute atomic E-state index is 0.317. The van der Waals surface area contributed by atoms with Crippen LogP contribution in [-0.4, -0.2) is 30.3 Å². The number of ether oxygens (including phenoxy) is 2. The standard InChI is InChI=1S/C20H20N4O3/c1-13-8-9-17(27-3)15(12-13)21-18-10-11-19(24-23-18)22-20(25)14-6-4-5-7-16(14)26-2/h4-12H,1-3H3,(H,21,23)(H,22,24,25). The van der Waals surface area contributed by atoms with Gasteiger partial charge in [0.1, 0.15) is 11.5 Å². The number of amides is 1. The number of aryl methyl sites for hydroxylation is 1. The molecule has 0 bridgehead atoms. The van der Waals surface area contributed by atoms with Crippen LogP contribution < -0.4 is 20.1 Å². The molecule has 0 unspecified atom stereocenters. The average molecular weight is 364 g/mol. The molecule has 0 aliphatic heterocycles. The largest absolute Gasteiger partial charge is 0.496 e. The van der Waals surface area contributed by atoms with Crippen LogP contribution in [0.2, 0.25) is 0 Å². The molecule has 0 atom stereocenters. The Morgan fingerprint density at radius 2 is 1.59 bits per heavy atom. The Kier molecular flexibility index (Phi) is 5.51. The monoisotopic (exact) mass is 364 g/mol. The first-order valence-electron chi connectivity index (χ1n) is 8.30. The molecular weight excluding hydrogens is 344 g/mol. The van der Waals surface area contributed by atoms with Gasteiger partial charge in [-0.25, -0.2) is 0 Å². The van der Waals surface area contributed by atoms with Gasteiger partial charge in [0.15, 0.2) is 11.6 Å². The van der Waals surface area contributed by atoms with Gasteiger partial charge in [-0.05, 0) is 48.9 Å². The summed E-state index contributed by atoms with van der Waals surface area (Å²) in [5.74, 6) is 1.76. The van der Waals surface area contributed by atoms with Crippen molar-refractivity contribution in [2.75, 3.05) is 24.9 Å². The summed E-state index contributed by atoms with van der Waals surface area (Å²) >= 11 is 0. The van der Waals surface area contributed by atoms with Crippen molar-refractivity contribution >= 4 is 23.2 Å². The Morgan fingerprint density at radius 3 is 2.30 bits per heavy atom. The maximum Gasteiger partial charge on any atom is 0.260 e. The molecule has 7 nitrogen and oxygen atoms in total. The van der Waals surface area contributed by atoms with Gasteiger partial charge in [-0.3, -0.25) is 4.79 Å². The van der Waals surface area contributed by atoms with E-state index in [-0.39, 0.29) is 5.91 Å². The lowest BCUT2D eigenvalue weighted by Gasteiger charge is -2.11. The van der Waals surface area contributed by atoms with Crippen LogP contribution in [0.1, 0.15) is 15.9 Å². The van der Waals surface area contributed by atoms with E-state index < -0.39 is 0 Å². The zero-order valence-electron chi connectivity index (χ0n) is 15.3. The van der Waals surface area contributed by atoms with Gasteiger partial charge in [0.2, 0.25) is 0 Å². The Morgan fingerprint density at radius 1 is 0.889 bits per heavy atom. The van der Waals surface area contributed by atoms with E-state index in [1.807, 2.05) is 25.1 Å². The molecule has 0 saturated carbocycles. The van der Waals surface area contributed by atoms with Crippen molar-refractivity contribution in [3.8, 4) is 11.5 Å². The van der Waals surface area contributed by atoms with E-state index >= 15 is 0 Å². The average Bonchev–Trinajstić information content (AvgIpc) is 2.69. The van der Waals surface area contributed by atoms with Gasteiger partial charge in [0, 0.05) is 0 Å². The topological polar surface area (TPSA) is 85.4 Å². The highest BCUT2D eigenvalue weighted by Gasteiger charge is 2.12. The van der Waals surface area contributed by atoms with Crippen LogP contribution in [0, 0.1) is 6.92 Å². The molecule has 0 radical (unpaired) electrons. The third-order valence-electron chi connectivity index (χ3n) is 3.88. The number of methoxy groups -OCH3 is 2. The minimum atomic E-state index is -0.317. The number of anilines is 3. The van der Waals surface area contributed by atoms with Crippen LogP contribution >= 0.6 is 0 Å². The smallest absolute Gasteiger partial charge is 0.260 e. The summed E-state index contributed by atoms with van der Waals surface area (Å²) in [7, 11) is 3.13. The van der Waals surface area contributed by atoms with E-state index in [9.17, 15) is 4.79 Å². The lowest BCUT2D eigenvalue weighted by molar-refractivity contribution is 0.102. The number of nitrogens with zero attached hydrogens (tertiary/aromatic N) is 2. The number of hydrogen-bond donors (Lipinski definition) is 2. The van der Waals surface area contributed by atoms with E-state index in [1.165, 1.54) is 7.11 Å². The number of benzene rings is 2. The Balaban J connectivity index is 1.72. The van der Waals surface area contributed by atoms with Crippen molar-refractivity contribution in [1.82, 2.24) is 10.2 Å². The number of hydrogen-bond acceptors (Lipinski definition) is 6. The number of carbonyl (C=O) groups excluding carboxylic acids is 1. The third-order valence-corrected chi connectivity index (χ3v) is 3.88. The van der Waals surface area contributed by atoms with Crippen LogP contribution in [-0.2, 0) is 0 Å². The first-order chi connectivity index (χ1) is 13.1. The third kappa shape index (κ3) is 4.33. The van der Waals surface area contributed by atoms with Crippen LogP contribution in [0.5, 0.6) is 11.5 Å². The van der Waals surface area contributed by atoms with Crippen molar-refractivity contribution in [3.05, 3.63) is 65.7 Å². The highest BCUT2D eigenvalue weighted by Crippen LogP contribution is 2.28. The molecule has 2 N–H and O–H groups in total. The lowest BCUT2D eigenvalue weighted by Crippen LogP contribution is -2.14. The molecule has 1 aromatic heterocycles. The van der Waals surface area contributed by atoms with Crippen molar-refractivity contribution in [2.45, 2.75) is 6.92 Å². The summed E-state index contributed by atoms with van der Waals surface area (Å²) in [6.45, 7) is 1.99. The molecule has 0 aliphatic rings. The van der Waals surface area contributed by atoms with Crippen molar-refractivity contribution in [1.29, 1.82) is 0 Å². The number of para-hydroxylation sites is 1. The molecule has 3 rings (SSSR count). The summed E-state index contributed by atoms with van der Waals surface area (Å²) in [5, 5.41) is 14.0. The summed E-state index contributed by atoms with van der Waals surface area (Å²) in [6, 6.07) is 16.2. The van der Waals surface area contributed by atoms with Crippen LogP contribution in [0.3, 0.4) is 0 Å². The maximum atomic E-state index is 12.4. The van der Waals surface area contributed by atoms with Gasteiger partial charge < -0.3 is 20.1 Å². The Hall–Kier alpha value is -3.61. The van der Waals surface area contributed by atoms with Gasteiger partial charge in [-0.15, -0.1) is 10.2 Å². The number of aromatic nitrogens is 2. The highest BCUT2D eigenvalue weighted by atomic mass is 16.5. The van der Waals surface area contributed by atoms with E-state index in [4.69, 9.17) is 9.47 Å². The first-order valence-corrected chi connectivity index (χ1v) is 8.30. The SMILES string of the molecule is COc1ccc(C)cc1Nc1ccc(NC(=O)c2ccccc2OC)nn1. The van der Waals surface area contributed by atoms with Crippen molar-refractivity contribution in [2.24, 2.45) is 0 Å². The summed E-state index contributed by atoms with van der Waals surface area (Å²) in [4.78, 5) is 12.4. The first kappa shape index (κ1) is 18.2. The molecule has 1 heterocycles. The van der Waals surface area contributed by atoms with Gasteiger partial charge in [0.05, 0.1) is 25.5 Å². The fourth-order valence-corrected chi connectivity index (χ4v) is 2.54. The molecular formula is C20H20N4O3. The molecule has 2 aromatic carbocycles. The van der Waals surface area contributed by atoms with E-state index in [1.54, 1.807) is 43.5 Å². The fraction of sp³-hybridized carbons (Fsp3) is 0.150. The highest BCUT2D eigenvalue weighted by molar-refractivity contribution is 6.05. The van der Waals surface area contributed by atoms with Crippen molar-refractivity contribution < 1.29 is 14.3 Å². The molecule has 0 fully saturated rings. The van der Waals surface area contributed by atoms with Crippen LogP contribution in [0.15, 0.2) is 54.6 Å². The Labute approximate surface area is 157 Å². The lowest BCUT2D eigenvalue weighted by atomic mass is 10.2. The molecule has 7 heteroatoms. The Bertz CT molecular complexity index is 942. The molecule has 27 heavy (non-hydrogen) atoms. The summed E-state index contributed by atoms with van der Waals surface area (Å²) in [6.07, 6.45) is 0. The van der Waals surface area contributed by atoms with E-state index in [2.05, 4.69) is 20.8 Å². The van der Waals surface area contributed by atoms with Crippen LogP contribution in [0.4, 0.5) is 17.3 Å². The van der Waals surface area contributed by atoms with E-state index in [0.717, 1.165) is 11.3 Å². The summed E-state index contributed by atoms with van der Waals surface area (Å²) in [5.41, 5.74) is 2.30. The fourth-order valence-electron chi connectivity index (χ4n) is 2.54. The van der Waals surface area contributed by atoms with Gasteiger partial charge >= 0.3 is 0 Å². The molecule has 1 amide bonds. The van der Waals surface area contributed by atoms with E-state index in [0.29, 0.717) is 28.7 Å². The molecule has 138 valence electrons.